The van der Waals surface area contributed by atoms with Crippen molar-refractivity contribution in [2.24, 2.45) is 0 Å². The second-order valence-electron chi connectivity index (χ2n) is 4.70. The van der Waals surface area contributed by atoms with Gasteiger partial charge >= 0.3 is 0 Å². The van der Waals surface area contributed by atoms with Crippen LogP contribution in [0.4, 0.5) is 0 Å². The van der Waals surface area contributed by atoms with Gasteiger partial charge in [0.25, 0.3) is 0 Å². The van der Waals surface area contributed by atoms with Crippen molar-refractivity contribution in [3.05, 3.63) is 53.9 Å². The Morgan fingerprint density at radius 3 is 2.86 bits per heavy atom. The largest absolute Gasteiger partial charge is 0.504 e. The standard InChI is InChI=1S/C17H13N3O2/c1-22-16-9-11(6-7-15(16)21)8-12(10-18)17-19-13-4-2-3-5-14(13)20-17/h2-9,21H,1H3,(H,19,20)/b12-8+. The third-order valence-corrected chi connectivity index (χ3v) is 3.28. The number of fused-ring (bicyclic) bond motifs is 1. The molecule has 5 heteroatoms. The number of nitrogens with one attached hydrogen (secondary N) is 1. The minimum atomic E-state index is 0.0573. The molecule has 0 saturated heterocycles. The van der Waals surface area contributed by atoms with E-state index in [4.69, 9.17) is 4.74 Å². The first-order valence-corrected chi connectivity index (χ1v) is 6.65. The van der Waals surface area contributed by atoms with E-state index in [-0.39, 0.29) is 5.75 Å². The Labute approximate surface area is 127 Å². The maximum atomic E-state index is 9.61. The highest BCUT2D eigenvalue weighted by Gasteiger charge is 2.08. The van der Waals surface area contributed by atoms with Gasteiger partial charge in [0.15, 0.2) is 11.5 Å². The molecule has 2 N–H and O–H groups in total. The zero-order chi connectivity index (χ0) is 15.5. The maximum Gasteiger partial charge on any atom is 0.161 e. The van der Waals surface area contributed by atoms with Gasteiger partial charge in [-0.25, -0.2) is 4.98 Å². The summed E-state index contributed by atoms with van der Waals surface area (Å²) in [6.45, 7) is 0. The van der Waals surface area contributed by atoms with Crippen LogP contribution >= 0.6 is 0 Å². The highest BCUT2D eigenvalue weighted by molar-refractivity contribution is 5.90. The highest BCUT2D eigenvalue weighted by atomic mass is 16.5. The molecule has 0 fully saturated rings. The van der Waals surface area contributed by atoms with E-state index >= 15 is 0 Å². The number of H-pyrrole nitrogens is 1. The fourth-order valence-electron chi connectivity index (χ4n) is 2.18. The molecule has 1 heterocycles. The van der Waals surface area contributed by atoms with Crippen LogP contribution < -0.4 is 4.74 Å². The van der Waals surface area contributed by atoms with Gasteiger partial charge in [-0.2, -0.15) is 5.26 Å². The predicted octanol–water partition coefficient (Wildman–Crippen LogP) is 3.34. The minimum absolute atomic E-state index is 0.0573. The number of allylic oxidation sites excluding steroid dienone is 1. The zero-order valence-electron chi connectivity index (χ0n) is 11.9. The van der Waals surface area contributed by atoms with Gasteiger partial charge in [-0.3, -0.25) is 0 Å². The summed E-state index contributed by atoms with van der Waals surface area (Å²) in [4.78, 5) is 7.54. The third kappa shape index (κ3) is 2.50. The van der Waals surface area contributed by atoms with Crippen LogP contribution in [0.5, 0.6) is 11.5 Å². The molecule has 2 aromatic carbocycles. The van der Waals surface area contributed by atoms with Crippen molar-refractivity contribution in [2.45, 2.75) is 0 Å². The summed E-state index contributed by atoms with van der Waals surface area (Å²) in [5.74, 6) is 0.924. The van der Waals surface area contributed by atoms with E-state index in [0.717, 1.165) is 16.6 Å². The quantitative estimate of drug-likeness (QED) is 0.725. The molecule has 0 spiro atoms. The summed E-state index contributed by atoms with van der Waals surface area (Å²) in [6, 6.07) is 14.6. The van der Waals surface area contributed by atoms with Crippen LogP contribution in [0.15, 0.2) is 42.5 Å². The molecule has 0 saturated carbocycles. The first kappa shape index (κ1) is 13.7. The number of phenols is 1. The van der Waals surface area contributed by atoms with E-state index < -0.39 is 0 Å². The molecule has 0 unspecified atom stereocenters. The van der Waals surface area contributed by atoms with Gasteiger partial charge in [0.1, 0.15) is 11.9 Å². The van der Waals surface area contributed by atoms with Crippen LogP contribution in [0.25, 0.3) is 22.7 Å². The van der Waals surface area contributed by atoms with Gasteiger partial charge in [0.2, 0.25) is 0 Å². The number of aromatic amines is 1. The molecule has 0 bridgehead atoms. The molecule has 0 aliphatic carbocycles. The topological polar surface area (TPSA) is 81.9 Å². The lowest BCUT2D eigenvalue weighted by atomic mass is 10.1. The van der Waals surface area contributed by atoms with Crippen molar-refractivity contribution in [1.29, 1.82) is 5.26 Å². The van der Waals surface area contributed by atoms with E-state index in [1.54, 1.807) is 18.2 Å². The Kier molecular flexibility index (Phi) is 3.50. The molecule has 1 aromatic heterocycles. The van der Waals surface area contributed by atoms with Crippen LogP contribution in [0, 0.1) is 11.3 Å². The Balaban J connectivity index is 2.05. The number of aromatic hydroxyl groups is 1. The molecule has 0 atom stereocenters. The minimum Gasteiger partial charge on any atom is -0.504 e. The van der Waals surface area contributed by atoms with E-state index in [9.17, 15) is 10.4 Å². The molecule has 3 aromatic rings. The number of nitriles is 1. The lowest BCUT2D eigenvalue weighted by molar-refractivity contribution is 0.373. The Morgan fingerprint density at radius 2 is 2.14 bits per heavy atom. The molecule has 5 nitrogen and oxygen atoms in total. The van der Waals surface area contributed by atoms with Crippen LogP contribution in [-0.2, 0) is 0 Å². The maximum absolute atomic E-state index is 9.61. The number of phenolic OH excluding ortho intramolecular Hbond substituents is 1. The smallest absolute Gasteiger partial charge is 0.161 e. The zero-order valence-corrected chi connectivity index (χ0v) is 11.9. The number of ether oxygens (including phenoxy) is 1. The van der Waals surface area contributed by atoms with Gasteiger partial charge in [-0.1, -0.05) is 18.2 Å². The number of imidazole rings is 1. The van der Waals surface area contributed by atoms with Crippen molar-refractivity contribution in [1.82, 2.24) is 9.97 Å². The van der Waals surface area contributed by atoms with Crippen molar-refractivity contribution in [3.8, 4) is 17.6 Å². The number of aromatic nitrogens is 2. The molecule has 3 rings (SSSR count). The average Bonchev–Trinajstić information content (AvgIpc) is 2.97. The second-order valence-corrected chi connectivity index (χ2v) is 4.70. The van der Waals surface area contributed by atoms with Gasteiger partial charge in [-0.15, -0.1) is 0 Å². The summed E-state index contributed by atoms with van der Waals surface area (Å²) in [7, 11) is 1.48. The lowest BCUT2D eigenvalue weighted by Gasteiger charge is -2.04. The fourth-order valence-corrected chi connectivity index (χ4v) is 2.18. The summed E-state index contributed by atoms with van der Waals surface area (Å²) in [6.07, 6.45) is 1.69. The molecule has 0 aliphatic rings. The number of nitrogens with zero attached hydrogens (tertiary/aromatic N) is 2. The number of hydrogen-bond donors (Lipinski definition) is 2. The molecule has 0 aliphatic heterocycles. The van der Waals surface area contributed by atoms with Crippen molar-refractivity contribution < 1.29 is 9.84 Å². The Hall–Kier alpha value is -3.26. The molecular weight excluding hydrogens is 278 g/mol. The van der Waals surface area contributed by atoms with Crippen molar-refractivity contribution in [2.75, 3.05) is 7.11 Å². The van der Waals surface area contributed by atoms with Crippen LogP contribution in [0.2, 0.25) is 0 Å². The SMILES string of the molecule is COc1cc(/C=C(\C#N)c2nc3ccccc3[nH]2)ccc1O. The van der Waals surface area contributed by atoms with Gasteiger partial charge in [0.05, 0.1) is 23.7 Å². The first-order valence-electron chi connectivity index (χ1n) is 6.65. The van der Waals surface area contributed by atoms with E-state index in [2.05, 4.69) is 16.0 Å². The normalized spacial score (nSPS) is 11.4. The molecule has 22 heavy (non-hydrogen) atoms. The fraction of sp³-hybridized carbons (Fsp3) is 0.0588. The van der Waals surface area contributed by atoms with Gasteiger partial charge < -0.3 is 14.8 Å². The third-order valence-electron chi connectivity index (χ3n) is 3.28. The summed E-state index contributed by atoms with van der Waals surface area (Å²) < 4.78 is 5.07. The summed E-state index contributed by atoms with van der Waals surface area (Å²) >= 11 is 0. The van der Waals surface area contributed by atoms with Crippen LogP contribution in [-0.4, -0.2) is 22.2 Å². The number of hydrogen-bond acceptors (Lipinski definition) is 4. The summed E-state index contributed by atoms with van der Waals surface area (Å²) in [5, 5.41) is 19.0. The second kappa shape index (κ2) is 5.62. The molecule has 0 amide bonds. The first-order chi connectivity index (χ1) is 10.7. The average molecular weight is 291 g/mol. The molecular formula is C17H13N3O2. The number of methoxy groups -OCH3 is 1. The highest BCUT2D eigenvalue weighted by Crippen LogP contribution is 2.28. The lowest BCUT2D eigenvalue weighted by Crippen LogP contribution is -1.87. The number of para-hydroxylation sites is 2. The number of rotatable bonds is 3. The molecule has 0 radical (unpaired) electrons. The van der Waals surface area contributed by atoms with Gasteiger partial charge in [0, 0.05) is 0 Å². The molecule has 108 valence electrons. The van der Waals surface area contributed by atoms with Crippen molar-refractivity contribution >= 4 is 22.7 Å². The summed E-state index contributed by atoms with van der Waals surface area (Å²) in [5.41, 5.74) is 2.83. The van der Waals surface area contributed by atoms with E-state index in [1.165, 1.54) is 13.2 Å². The van der Waals surface area contributed by atoms with E-state index in [0.29, 0.717) is 17.1 Å². The Bertz CT molecular complexity index is 871. The monoisotopic (exact) mass is 291 g/mol. The van der Waals surface area contributed by atoms with Gasteiger partial charge in [-0.05, 0) is 35.9 Å². The van der Waals surface area contributed by atoms with E-state index in [1.807, 2.05) is 24.3 Å². The predicted molar refractivity (Wildman–Crippen MR) is 84.2 cm³/mol. The van der Waals surface area contributed by atoms with Crippen molar-refractivity contribution in [3.63, 3.8) is 0 Å². The van der Waals surface area contributed by atoms with Crippen LogP contribution in [0.1, 0.15) is 11.4 Å². The van der Waals surface area contributed by atoms with Crippen LogP contribution in [0.3, 0.4) is 0 Å². The Morgan fingerprint density at radius 1 is 1.32 bits per heavy atom. The number of benzene rings is 2.